The number of aromatic nitrogens is 2. The molecule has 0 fully saturated rings. The summed E-state index contributed by atoms with van der Waals surface area (Å²) in [5.74, 6) is 2.77. The van der Waals surface area contributed by atoms with E-state index in [4.69, 9.17) is 9.73 Å². The van der Waals surface area contributed by atoms with Crippen molar-refractivity contribution in [2.75, 3.05) is 26.7 Å². The molecule has 158 valence electrons. The molecular weight excluding hydrogens is 374 g/mol. The van der Waals surface area contributed by atoms with Gasteiger partial charge in [0.2, 0.25) is 0 Å². The molecule has 0 bridgehead atoms. The molecule has 6 nitrogen and oxygen atoms in total. The van der Waals surface area contributed by atoms with Crippen LogP contribution in [0.25, 0.3) is 0 Å². The Hall–Kier alpha value is -3.28. The topological polar surface area (TPSA) is 63.5 Å². The molecule has 30 heavy (non-hydrogen) atoms. The second-order valence-corrected chi connectivity index (χ2v) is 6.99. The van der Waals surface area contributed by atoms with Crippen molar-refractivity contribution < 1.29 is 4.74 Å². The minimum atomic E-state index is 0.684. The van der Waals surface area contributed by atoms with Gasteiger partial charge in [-0.15, -0.1) is 0 Å². The van der Waals surface area contributed by atoms with Crippen LogP contribution in [0.5, 0.6) is 5.75 Å². The minimum Gasteiger partial charge on any atom is -0.497 e. The predicted molar refractivity (Wildman–Crippen MR) is 122 cm³/mol. The summed E-state index contributed by atoms with van der Waals surface area (Å²) < 4.78 is 7.40. The van der Waals surface area contributed by atoms with Crippen LogP contribution >= 0.6 is 0 Å². The van der Waals surface area contributed by atoms with Gasteiger partial charge < -0.3 is 19.9 Å². The van der Waals surface area contributed by atoms with E-state index in [2.05, 4.69) is 63.5 Å². The molecule has 2 N–H and O–H groups in total. The smallest absolute Gasteiger partial charge is 0.191 e. The molecular formula is C24H31N5O. The summed E-state index contributed by atoms with van der Waals surface area (Å²) in [6, 6.07) is 18.6. The summed E-state index contributed by atoms with van der Waals surface area (Å²) in [5.41, 5.74) is 2.54. The second kappa shape index (κ2) is 11.7. The van der Waals surface area contributed by atoms with Crippen LogP contribution in [0.1, 0.15) is 23.9 Å². The van der Waals surface area contributed by atoms with E-state index in [-0.39, 0.29) is 0 Å². The molecule has 0 atom stereocenters. The van der Waals surface area contributed by atoms with Crippen molar-refractivity contribution in [3.63, 3.8) is 0 Å². The first-order chi connectivity index (χ1) is 14.8. The minimum absolute atomic E-state index is 0.684. The lowest BCUT2D eigenvalue weighted by Gasteiger charge is -2.12. The van der Waals surface area contributed by atoms with Crippen molar-refractivity contribution >= 4 is 5.96 Å². The Labute approximate surface area is 179 Å². The molecule has 0 aliphatic heterocycles. The number of benzene rings is 2. The van der Waals surface area contributed by atoms with Crippen LogP contribution in [0.2, 0.25) is 0 Å². The van der Waals surface area contributed by atoms with Crippen molar-refractivity contribution in [1.29, 1.82) is 0 Å². The van der Waals surface area contributed by atoms with Crippen LogP contribution in [0, 0.1) is 0 Å². The number of guanidine groups is 1. The quantitative estimate of drug-likeness (QED) is 0.401. The monoisotopic (exact) mass is 405 g/mol. The molecule has 3 rings (SSSR count). The fourth-order valence-electron chi connectivity index (χ4n) is 3.22. The average molecular weight is 406 g/mol. The molecule has 3 aromatic rings. The molecule has 0 saturated carbocycles. The zero-order valence-corrected chi connectivity index (χ0v) is 17.8. The van der Waals surface area contributed by atoms with Crippen molar-refractivity contribution in [3.05, 3.63) is 83.9 Å². The number of hydrogen-bond donors (Lipinski definition) is 2. The van der Waals surface area contributed by atoms with Crippen LogP contribution in [-0.2, 0) is 19.4 Å². The summed E-state index contributed by atoms with van der Waals surface area (Å²) in [5, 5.41) is 6.73. The highest BCUT2D eigenvalue weighted by molar-refractivity contribution is 5.79. The normalized spacial score (nSPS) is 11.3. The largest absolute Gasteiger partial charge is 0.497 e. The predicted octanol–water partition coefficient (Wildman–Crippen LogP) is 3.28. The highest BCUT2D eigenvalue weighted by Crippen LogP contribution is 2.11. The highest BCUT2D eigenvalue weighted by atomic mass is 16.5. The standard InChI is InChI=1S/C24H31N5O/c1-3-25-24(27-15-13-20-9-11-22(30-2)12-10-20)28-16-14-23-26-17-18-29(23)19-21-7-5-4-6-8-21/h4-12,17-18H,3,13-16,19H2,1-2H3,(H2,25,27,28). The lowest BCUT2D eigenvalue weighted by atomic mass is 10.1. The molecule has 0 aliphatic carbocycles. The Bertz CT molecular complexity index is 903. The van der Waals surface area contributed by atoms with Crippen LogP contribution < -0.4 is 15.4 Å². The molecule has 0 aliphatic rings. The van der Waals surface area contributed by atoms with Gasteiger partial charge in [0.05, 0.1) is 7.11 Å². The molecule has 2 aromatic carbocycles. The zero-order chi connectivity index (χ0) is 21.0. The number of rotatable bonds is 10. The number of nitrogens with zero attached hydrogens (tertiary/aromatic N) is 3. The van der Waals surface area contributed by atoms with E-state index in [1.165, 1.54) is 11.1 Å². The lowest BCUT2D eigenvalue weighted by Crippen LogP contribution is -2.38. The first kappa shape index (κ1) is 21.4. The maximum atomic E-state index is 5.21. The molecule has 0 amide bonds. The number of aliphatic imine (C=N–C) groups is 1. The fraction of sp³-hybridized carbons (Fsp3) is 0.333. The molecule has 0 radical (unpaired) electrons. The van der Waals surface area contributed by atoms with Gasteiger partial charge in [0, 0.05) is 45.0 Å². The third kappa shape index (κ3) is 6.65. The number of nitrogens with one attached hydrogen (secondary N) is 2. The first-order valence-corrected chi connectivity index (χ1v) is 10.5. The van der Waals surface area contributed by atoms with Gasteiger partial charge in [-0.1, -0.05) is 42.5 Å². The SMILES string of the molecule is CCNC(=NCCc1nccn1Cc1ccccc1)NCCc1ccc(OC)cc1. The van der Waals surface area contributed by atoms with Crippen LogP contribution in [0.4, 0.5) is 0 Å². The Morgan fingerprint density at radius 1 is 1.00 bits per heavy atom. The summed E-state index contributed by atoms with van der Waals surface area (Å²) in [6.45, 7) is 5.24. The summed E-state index contributed by atoms with van der Waals surface area (Å²) in [7, 11) is 1.68. The molecule has 1 heterocycles. The molecule has 1 aromatic heterocycles. The van der Waals surface area contributed by atoms with Crippen molar-refractivity contribution in [3.8, 4) is 5.75 Å². The van der Waals surface area contributed by atoms with E-state index in [9.17, 15) is 0 Å². The summed E-state index contributed by atoms with van der Waals surface area (Å²) in [4.78, 5) is 9.23. The molecule has 0 spiro atoms. The van der Waals surface area contributed by atoms with E-state index in [0.29, 0.717) is 6.54 Å². The molecule has 0 saturated heterocycles. The maximum Gasteiger partial charge on any atom is 0.191 e. The van der Waals surface area contributed by atoms with E-state index in [1.54, 1.807) is 7.11 Å². The van der Waals surface area contributed by atoms with Crippen molar-refractivity contribution in [1.82, 2.24) is 20.2 Å². The van der Waals surface area contributed by atoms with Gasteiger partial charge in [0.25, 0.3) is 0 Å². The summed E-state index contributed by atoms with van der Waals surface area (Å²) >= 11 is 0. The van der Waals surface area contributed by atoms with E-state index < -0.39 is 0 Å². The van der Waals surface area contributed by atoms with Gasteiger partial charge in [0.15, 0.2) is 5.96 Å². The van der Waals surface area contributed by atoms with Gasteiger partial charge >= 0.3 is 0 Å². The van der Waals surface area contributed by atoms with Gasteiger partial charge in [-0.3, -0.25) is 4.99 Å². The summed E-state index contributed by atoms with van der Waals surface area (Å²) in [6.07, 6.45) is 5.62. The third-order valence-corrected chi connectivity index (χ3v) is 4.81. The highest BCUT2D eigenvalue weighted by Gasteiger charge is 2.04. The van der Waals surface area contributed by atoms with Crippen LogP contribution in [0.15, 0.2) is 72.0 Å². The van der Waals surface area contributed by atoms with Gasteiger partial charge in [-0.2, -0.15) is 0 Å². The van der Waals surface area contributed by atoms with E-state index >= 15 is 0 Å². The van der Waals surface area contributed by atoms with Gasteiger partial charge in [-0.05, 0) is 36.6 Å². The van der Waals surface area contributed by atoms with Crippen LogP contribution in [-0.4, -0.2) is 42.3 Å². The third-order valence-electron chi connectivity index (χ3n) is 4.81. The number of imidazole rings is 1. The average Bonchev–Trinajstić information content (AvgIpc) is 3.22. The Balaban J connectivity index is 1.49. The maximum absolute atomic E-state index is 5.21. The van der Waals surface area contributed by atoms with Crippen LogP contribution in [0.3, 0.4) is 0 Å². The second-order valence-electron chi connectivity index (χ2n) is 6.99. The van der Waals surface area contributed by atoms with Crippen molar-refractivity contribution in [2.45, 2.75) is 26.3 Å². The first-order valence-electron chi connectivity index (χ1n) is 10.5. The van der Waals surface area contributed by atoms with E-state index in [1.807, 2.05) is 30.6 Å². The molecule has 0 unspecified atom stereocenters. The van der Waals surface area contributed by atoms with Gasteiger partial charge in [0.1, 0.15) is 11.6 Å². The number of hydrogen-bond acceptors (Lipinski definition) is 3. The Morgan fingerprint density at radius 3 is 2.53 bits per heavy atom. The Kier molecular flexibility index (Phi) is 8.33. The number of ether oxygens (including phenoxy) is 1. The number of methoxy groups -OCH3 is 1. The van der Waals surface area contributed by atoms with Crippen molar-refractivity contribution in [2.24, 2.45) is 4.99 Å². The van der Waals surface area contributed by atoms with E-state index in [0.717, 1.165) is 50.0 Å². The Morgan fingerprint density at radius 2 is 1.80 bits per heavy atom. The fourth-order valence-corrected chi connectivity index (χ4v) is 3.22. The molecule has 6 heteroatoms. The van der Waals surface area contributed by atoms with Gasteiger partial charge in [-0.25, -0.2) is 4.98 Å². The lowest BCUT2D eigenvalue weighted by molar-refractivity contribution is 0.414. The zero-order valence-electron chi connectivity index (χ0n) is 17.8.